The monoisotopic (exact) mass is 773 g/mol. The number of carboxylic acid groups (broad SMARTS) is 1. The molecule has 2 aliphatic carbocycles. The molecule has 2 unspecified atom stereocenters. The number of likely N-dealkylation sites (N-methyl/N-ethyl adjacent to an activating group) is 1. The van der Waals surface area contributed by atoms with Crippen LogP contribution in [0.2, 0.25) is 10.0 Å². The number of rotatable bonds is 22. The number of carbonyl (C=O) groups is 2. The summed E-state index contributed by atoms with van der Waals surface area (Å²) >= 11 is 13.5. The molecule has 3 aromatic rings. The lowest BCUT2D eigenvalue weighted by Crippen LogP contribution is -2.49. The summed E-state index contributed by atoms with van der Waals surface area (Å²) < 4.78 is 12.8. The number of unbranched alkanes of at least 4 members (excludes halogenated alkanes) is 1. The molecule has 2 aromatic carbocycles. The molecule has 2 aliphatic rings. The maximum absolute atomic E-state index is 13.1. The number of carboxylic acids is 1. The number of nitrogens with zero attached hydrogens (tertiary/aromatic N) is 3. The Hall–Kier alpha value is -3.33. The Labute approximate surface area is 319 Å². The lowest BCUT2D eigenvalue weighted by Gasteiger charge is -2.30. The molecule has 0 spiro atoms. The van der Waals surface area contributed by atoms with Crippen molar-refractivity contribution in [2.75, 3.05) is 39.8 Å². The Morgan fingerprint density at radius 3 is 2.40 bits per heavy atom. The third-order valence-electron chi connectivity index (χ3n) is 9.64. The topological polar surface area (TPSA) is 173 Å². The molecule has 14 heteroatoms. The number of para-hydroxylation sites is 1. The predicted molar refractivity (Wildman–Crippen MR) is 200 cm³/mol. The summed E-state index contributed by atoms with van der Waals surface area (Å²) in [7, 11) is 1.49. The van der Waals surface area contributed by atoms with Crippen molar-refractivity contribution in [1.82, 2.24) is 14.8 Å². The first-order valence-electron chi connectivity index (χ1n) is 18.0. The van der Waals surface area contributed by atoms with Crippen molar-refractivity contribution in [3.05, 3.63) is 81.6 Å². The van der Waals surface area contributed by atoms with Gasteiger partial charge in [-0.3, -0.25) is 19.5 Å². The van der Waals surface area contributed by atoms with Crippen LogP contribution in [0.4, 0.5) is 0 Å². The lowest BCUT2D eigenvalue weighted by atomic mass is 9.96. The van der Waals surface area contributed by atoms with E-state index in [9.17, 15) is 24.9 Å². The van der Waals surface area contributed by atoms with Crippen LogP contribution in [0.25, 0.3) is 11.1 Å². The SMILES string of the molecule is CN(CC(=O)O)CC(=O)N(CCCCc1cc(Cl)c(COC2(c3cnccc3-c3ccccc3OC3CC3)CC2)cc1Cl)CC(O)C(O)[C@H](O)CCO. The molecular weight excluding hydrogens is 725 g/mol. The lowest BCUT2D eigenvalue weighted by molar-refractivity contribution is -0.140. The second-order valence-corrected chi connectivity index (χ2v) is 14.9. The van der Waals surface area contributed by atoms with Gasteiger partial charge in [0.25, 0.3) is 0 Å². The molecule has 0 radical (unpaired) electrons. The van der Waals surface area contributed by atoms with Crippen molar-refractivity contribution in [2.45, 2.75) is 88.0 Å². The standard InChI is InChI=1S/C39H49Cl2N3O9/c1-43(23-37(49)50)22-36(48)44(21-34(47)38(51)33(46)12-17-45)16-5-4-6-25-18-32(41)26(19-31(25)40)24-52-39(13-14-39)30-20-42-15-11-28(30)29-7-2-3-8-35(29)53-27-9-10-27/h2-3,7-8,11,15,18-20,27,33-34,38,45-47,51H,4-6,9-10,12-14,16-17,21-24H2,1H3,(H,49,50)/t33-,34?,38?/m1/s1. The van der Waals surface area contributed by atoms with Crippen LogP contribution in [0.5, 0.6) is 5.75 Å². The first-order chi connectivity index (χ1) is 25.4. The normalized spacial score (nSPS) is 16.6. The third-order valence-corrected chi connectivity index (χ3v) is 10.3. The summed E-state index contributed by atoms with van der Waals surface area (Å²) in [4.78, 5) is 31.3. The third kappa shape index (κ3) is 11.3. The van der Waals surface area contributed by atoms with Gasteiger partial charge in [-0.25, -0.2) is 0 Å². The summed E-state index contributed by atoms with van der Waals surface area (Å²) in [5, 5.41) is 50.1. The van der Waals surface area contributed by atoms with Crippen molar-refractivity contribution in [3.63, 3.8) is 0 Å². The van der Waals surface area contributed by atoms with E-state index in [1.165, 1.54) is 16.8 Å². The molecule has 1 amide bonds. The molecule has 3 atom stereocenters. The summed E-state index contributed by atoms with van der Waals surface area (Å²) in [6, 6.07) is 13.7. The summed E-state index contributed by atoms with van der Waals surface area (Å²) in [5.74, 6) is -0.671. The van der Waals surface area contributed by atoms with Crippen LogP contribution < -0.4 is 4.74 Å². The average Bonchev–Trinajstić information content (AvgIpc) is 4.07. The van der Waals surface area contributed by atoms with E-state index < -0.39 is 35.8 Å². The van der Waals surface area contributed by atoms with Gasteiger partial charge in [0.15, 0.2) is 0 Å². The Morgan fingerprint density at radius 2 is 1.70 bits per heavy atom. The minimum absolute atomic E-state index is 0.140. The van der Waals surface area contributed by atoms with Crippen LogP contribution in [0.15, 0.2) is 54.9 Å². The molecule has 53 heavy (non-hydrogen) atoms. The van der Waals surface area contributed by atoms with Crippen LogP contribution >= 0.6 is 23.2 Å². The molecule has 0 aliphatic heterocycles. The maximum Gasteiger partial charge on any atom is 0.317 e. The van der Waals surface area contributed by atoms with E-state index in [0.29, 0.717) is 29.3 Å². The van der Waals surface area contributed by atoms with E-state index in [4.69, 9.17) is 42.9 Å². The summed E-state index contributed by atoms with van der Waals surface area (Å²) in [6.45, 7) is -0.782. The van der Waals surface area contributed by atoms with E-state index in [2.05, 4.69) is 11.1 Å². The molecule has 5 rings (SSSR count). The number of hydrogen-bond acceptors (Lipinski definition) is 10. The number of amides is 1. The molecule has 2 saturated carbocycles. The highest BCUT2D eigenvalue weighted by atomic mass is 35.5. The molecule has 1 heterocycles. The van der Waals surface area contributed by atoms with E-state index >= 15 is 0 Å². The summed E-state index contributed by atoms with van der Waals surface area (Å²) in [6.07, 6.45) is 4.82. The van der Waals surface area contributed by atoms with E-state index in [1.807, 2.05) is 42.6 Å². The largest absolute Gasteiger partial charge is 0.490 e. The minimum Gasteiger partial charge on any atom is -0.490 e. The number of carbonyl (C=O) groups excluding carboxylic acids is 1. The molecular formula is C39H49Cl2N3O9. The zero-order chi connectivity index (χ0) is 38.1. The fourth-order valence-corrected chi connectivity index (χ4v) is 6.87. The predicted octanol–water partition coefficient (Wildman–Crippen LogP) is 4.44. The summed E-state index contributed by atoms with van der Waals surface area (Å²) in [5.41, 5.74) is 4.14. The van der Waals surface area contributed by atoms with Crippen LogP contribution in [0, 0.1) is 0 Å². The first-order valence-corrected chi connectivity index (χ1v) is 18.8. The van der Waals surface area contributed by atoms with Crippen LogP contribution in [-0.2, 0) is 33.0 Å². The van der Waals surface area contributed by atoms with Crippen molar-refractivity contribution in [1.29, 1.82) is 0 Å². The molecule has 0 bridgehead atoms. The van der Waals surface area contributed by atoms with Gasteiger partial charge in [-0.2, -0.15) is 0 Å². The highest BCUT2D eigenvalue weighted by Gasteiger charge is 2.48. The Kier molecular flexibility index (Phi) is 14.5. The first kappa shape index (κ1) is 40.8. The molecule has 2 fully saturated rings. The zero-order valence-corrected chi connectivity index (χ0v) is 31.4. The second-order valence-electron chi connectivity index (χ2n) is 14.1. The van der Waals surface area contributed by atoms with Gasteiger partial charge in [0.05, 0.1) is 43.6 Å². The van der Waals surface area contributed by atoms with Crippen LogP contribution in [0.3, 0.4) is 0 Å². The number of aliphatic hydroxyl groups excluding tert-OH is 4. The van der Waals surface area contributed by atoms with E-state index in [-0.39, 0.29) is 51.9 Å². The van der Waals surface area contributed by atoms with Crippen molar-refractivity contribution >= 4 is 35.1 Å². The molecule has 5 N–H and O–H groups in total. The van der Waals surface area contributed by atoms with Gasteiger partial charge < -0.3 is 39.9 Å². The van der Waals surface area contributed by atoms with Crippen molar-refractivity contribution in [3.8, 4) is 16.9 Å². The molecule has 0 saturated heterocycles. The van der Waals surface area contributed by atoms with Gasteiger partial charge in [-0.1, -0.05) is 41.4 Å². The Balaban J connectivity index is 1.19. The highest BCUT2D eigenvalue weighted by Crippen LogP contribution is 2.53. The number of halogens is 2. The van der Waals surface area contributed by atoms with Gasteiger partial charge in [0.1, 0.15) is 11.9 Å². The van der Waals surface area contributed by atoms with Crippen LogP contribution in [-0.4, -0.2) is 116 Å². The number of aromatic nitrogens is 1. The molecule has 288 valence electrons. The zero-order valence-electron chi connectivity index (χ0n) is 29.9. The van der Waals surface area contributed by atoms with E-state index in [0.717, 1.165) is 59.3 Å². The van der Waals surface area contributed by atoms with Gasteiger partial charge >= 0.3 is 5.97 Å². The molecule has 12 nitrogen and oxygen atoms in total. The maximum atomic E-state index is 13.1. The number of ether oxygens (including phenoxy) is 2. The number of hydrogen-bond donors (Lipinski definition) is 5. The number of aliphatic hydroxyl groups is 4. The van der Waals surface area contributed by atoms with Crippen LogP contribution in [0.1, 0.15) is 61.6 Å². The number of pyridine rings is 1. The van der Waals surface area contributed by atoms with Gasteiger partial charge in [0.2, 0.25) is 5.91 Å². The average molecular weight is 775 g/mol. The molecule has 1 aromatic heterocycles. The van der Waals surface area contributed by atoms with Gasteiger partial charge in [-0.05, 0) is 99.4 Å². The number of aliphatic carboxylic acids is 1. The van der Waals surface area contributed by atoms with Crippen molar-refractivity contribution in [2.24, 2.45) is 0 Å². The fourth-order valence-electron chi connectivity index (χ4n) is 6.35. The van der Waals surface area contributed by atoms with Crippen molar-refractivity contribution < 1.29 is 44.6 Å². The minimum atomic E-state index is -1.58. The Bertz CT molecular complexity index is 1700. The van der Waals surface area contributed by atoms with Gasteiger partial charge in [0, 0.05) is 53.3 Å². The quantitative estimate of drug-likeness (QED) is 0.0915. The van der Waals surface area contributed by atoms with E-state index in [1.54, 1.807) is 6.20 Å². The fraction of sp³-hybridized carbons (Fsp3) is 0.513. The smallest absolute Gasteiger partial charge is 0.317 e. The van der Waals surface area contributed by atoms with Gasteiger partial charge in [-0.15, -0.1) is 0 Å². The highest BCUT2D eigenvalue weighted by molar-refractivity contribution is 6.34. The number of benzene rings is 2. The second kappa shape index (κ2) is 18.8. The Morgan fingerprint density at radius 1 is 0.981 bits per heavy atom. The number of aryl methyl sites for hydroxylation is 1.